The minimum Gasteiger partial charge on any atom is -0.319 e. The molecule has 0 N–H and O–H groups in total. The molecule has 0 unspecified atom stereocenters. The van der Waals surface area contributed by atoms with Crippen molar-refractivity contribution in [2.24, 2.45) is 4.99 Å². The maximum absolute atomic E-state index is 12.8. The smallest absolute Gasteiger partial charge is 0.272 e. The highest BCUT2D eigenvalue weighted by atomic mass is 35.5. The number of carbonyl (C=O) groups excluding carboxylic acids is 2. The number of halogens is 2. The number of thioether (sulfide) groups is 1. The Morgan fingerprint density at radius 2 is 2.22 bits per heavy atom. The molecule has 2 aromatic rings. The number of carbonyl (C=O) groups is 2. The molecule has 0 radical (unpaired) electrons. The number of thiazole rings is 1. The molecule has 0 spiro atoms. The van der Waals surface area contributed by atoms with Gasteiger partial charge in [-0.05, 0) is 31.0 Å². The van der Waals surface area contributed by atoms with Crippen LogP contribution in [-0.2, 0) is 16.1 Å². The van der Waals surface area contributed by atoms with Gasteiger partial charge in [0.2, 0.25) is 5.91 Å². The summed E-state index contributed by atoms with van der Waals surface area (Å²) < 4.78 is 1.88. The zero-order valence-electron chi connectivity index (χ0n) is 14.5. The Bertz CT molecular complexity index is 987. The Morgan fingerprint density at radius 1 is 1.41 bits per heavy atom. The van der Waals surface area contributed by atoms with Gasteiger partial charge in [-0.15, -0.1) is 23.1 Å². The van der Waals surface area contributed by atoms with Crippen molar-refractivity contribution in [1.82, 2.24) is 9.47 Å². The number of fused-ring (bicyclic) bond motifs is 1. The zero-order valence-corrected chi connectivity index (χ0v) is 17.7. The van der Waals surface area contributed by atoms with Gasteiger partial charge in [-0.2, -0.15) is 4.99 Å². The lowest BCUT2D eigenvalue weighted by Crippen LogP contribution is -2.46. The SMILES string of the molecule is C[C@@]12CCC(=O)N1[C@H](C(=O)N=c1sccn1Cc1ccc(Cl)cc1Cl)CS2. The second-order valence-electron chi connectivity index (χ2n) is 6.76. The average Bonchev–Trinajstić information content (AvgIpc) is 3.27. The fraction of sp³-hybridized carbons (Fsp3) is 0.389. The fourth-order valence-electron chi connectivity index (χ4n) is 3.51. The molecule has 4 rings (SSSR count). The third kappa shape index (κ3) is 3.58. The Hall–Kier alpha value is -1.28. The van der Waals surface area contributed by atoms with Gasteiger partial charge in [-0.3, -0.25) is 9.59 Å². The van der Waals surface area contributed by atoms with E-state index < -0.39 is 6.04 Å². The summed E-state index contributed by atoms with van der Waals surface area (Å²) in [5, 5.41) is 3.03. The highest BCUT2D eigenvalue weighted by Crippen LogP contribution is 2.47. The van der Waals surface area contributed by atoms with Gasteiger partial charge in [0.1, 0.15) is 6.04 Å². The summed E-state index contributed by atoms with van der Waals surface area (Å²) in [6, 6.07) is 4.86. The Labute approximate surface area is 175 Å². The van der Waals surface area contributed by atoms with Crippen LogP contribution < -0.4 is 4.80 Å². The van der Waals surface area contributed by atoms with Gasteiger partial charge in [0, 0.05) is 33.8 Å². The van der Waals surface area contributed by atoms with E-state index in [0.29, 0.717) is 33.6 Å². The van der Waals surface area contributed by atoms with E-state index in [1.165, 1.54) is 11.3 Å². The van der Waals surface area contributed by atoms with Crippen LogP contribution in [0, 0.1) is 0 Å². The molecular formula is C18H17Cl2N3O2S2. The fourth-order valence-corrected chi connectivity index (χ4v) is 6.14. The van der Waals surface area contributed by atoms with Crippen LogP contribution in [0.15, 0.2) is 34.8 Å². The molecule has 9 heteroatoms. The molecule has 5 nitrogen and oxygen atoms in total. The van der Waals surface area contributed by atoms with Gasteiger partial charge in [0.05, 0.1) is 11.4 Å². The maximum Gasteiger partial charge on any atom is 0.272 e. The summed E-state index contributed by atoms with van der Waals surface area (Å²) in [6.07, 6.45) is 3.16. The Morgan fingerprint density at radius 3 is 3.00 bits per heavy atom. The average molecular weight is 442 g/mol. The van der Waals surface area contributed by atoms with Crippen molar-refractivity contribution in [3.05, 3.63) is 50.2 Å². The molecule has 2 amide bonds. The molecule has 2 saturated heterocycles. The first-order chi connectivity index (χ1) is 12.9. The highest BCUT2D eigenvalue weighted by Gasteiger charge is 2.52. The lowest BCUT2D eigenvalue weighted by molar-refractivity contribution is -0.136. The number of aromatic nitrogens is 1. The lowest BCUT2D eigenvalue weighted by atomic mass is 10.2. The van der Waals surface area contributed by atoms with E-state index >= 15 is 0 Å². The summed E-state index contributed by atoms with van der Waals surface area (Å²) >= 11 is 15.3. The Balaban J connectivity index is 1.59. The van der Waals surface area contributed by atoms with Crippen molar-refractivity contribution >= 4 is 58.1 Å². The minimum absolute atomic E-state index is 0.0445. The first kappa shape index (κ1) is 19.1. The van der Waals surface area contributed by atoms with Crippen LogP contribution in [-0.4, -0.2) is 37.9 Å². The van der Waals surface area contributed by atoms with Crippen LogP contribution in [0.3, 0.4) is 0 Å². The van der Waals surface area contributed by atoms with Crippen LogP contribution in [0.4, 0.5) is 0 Å². The summed E-state index contributed by atoms with van der Waals surface area (Å²) in [7, 11) is 0. The van der Waals surface area contributed by atoms with E-state index in [-0.39, 0.29) is 16.7 Å². The monoisotopic (exact) mass is 441 g/mol. The molecule has 2 aliphatic rings. The van der Waals surface area contributed by atoms with E-state index in [2.05, 4.69) is 4.99 Å². The predicted molar refractivity (Wildman–Crippen MR) is 109 cm³/mol. The molecule has 2 atom stereocenters. The normalized spacial score (nSPS) is 25.3. The van der Waals surface area contributed by atoms with Gasteiger partial charge in [0.25, 0.3) is 5.91 Å². The van der Waals surface area contributed by atoms with Crippen LogP contribution in [0.5, 0.6) is 0 Å². The van der Waals surface area contributed by atoms with Gasteiger partial charge in [0.15, 0.2) is 4.80 Å². The molecule has 27 heavy (non-hydrogen) atoms. The molecule has 1 aromatic heterocycles. The molecule has 0 aliphatic carbocycles. The minimum atomic E-state index is -0.482. The quantitative estimate of drug-likeness (QED) is 0.727. The summed E-state index contributed by atoms with van der Waals surface area (Å²) in [4.78, 5) is 31.5. The summed E-state index contributed by atoms with van der Waals surface area (Å²) in [5.74, 6) is 0.377. The number of amides is 2. The standard InChI is InChI=1S/C18H17Cl2N3O2S2/c1-18-5-4-15(24)23(18)14(10-27-18)16(25)21-17-22(6-7-26-17)9-11-2-3-12(19)8-13(11)20/h2-3,6-8,14H,4-5,9-10H2,1H3/t14-,18+/m0/s1. The molecule has 0 bridgehead atoms. The second-order valence-corrected chi connectivity index (χ2v) is 9.98. The van der Waals surface area contributed by atoms with Crippen LogP contribution in [0.25, 0.3) is 0 Å². The van der Waals surface area contributed by atoms with Crippen molar-refractivity contribution in [2.45, 2.75) is 37.2 Å². The number of rotatable bonds is 3. The van der Waals surface area contributed by atoms with Gasteiger partial charge in [-0.25, -0.2) is 0 Å². The van der Waals surface area contributed by atoms with Crippen molar-refractivity contribution in [3.63, 3.8) is 0 Å². The number of hydrogen-bond acceptors (Lipinski definition) is 4. The van der Waals surface area contributed by atoms with Crippen molar-refractivity contribution in [2.75, 3.05) is 5.75 Å². The van der Waals surface area contributed by atoms with Crippen LogP contribution >= 0.6 is 46.3 Å². The summed E-state index contributed by atoms with van der Waals surface area (Å²) in [6.45, 7) is 2.52. The zero-order chi connectivity index (χ0) is 19.2. The van der Waals surface area contributed by atoms with Gasteiger partial charge in [-0.1, -0.05) is 29.3 Å². The summed E-state index contributed by atoms with van der Waals surface area (Å²) in [5.41, 5.74) is 0.895. The molecule has 142 valence electrons. The number of hydrogen-bond donors (Lipinski definition) is 0. The Kier molecular flexibility index (Phi) is 5.14. The first-order valence-corrected chi connectivity index (χ1v) is 11.1. The van der Waals surface area contributed by atoms with E-state index in [0.717, 1.165) is 12.0 Å². The molecule has 0 saturated carbocycles. The number of benzene rings is 1. The van der Waals surface area contributed by atoms with Crippen molar-refractivity contribution in [1.29, 1.82) is 0 Å². The first-order valence-electron chi connectivity index (χ1n) is 8.50. The largest absolute Gasteiger partial charge is 0.319 e. The molecule has 2 fully saturated rings. The third-order valence-corrected chi connectivity index (χ3v) is 7.84. The van der Waals surface area contributed by atoms with Gasteiger partial charge < -0.3 is 9.47 Å². The lowest BCUT2D eigenvalue weighted by Gasteiger charge is -2.28. The number of nitrogens with zero attached hydrogens (tertiary/aromatic N) is 3. The van der Waals surface area contributed by atoms with E-state index in [1.807, 2.05) is 29.1 Å². The topological polar surface area (TPSA) is 54.7 Å². The van der Waals surface area contributed by atoms with Crippen molar-refractivity contribution < 1.29 is 9.59 Å². The second kappa shape index (κ2) is 7.28. The molecule has 1 aromatic carbocycles. The highest BCUT2D eigenvalue weighted by molar-refractivity contribution is 8.01. The molecule has 2 aliphatic heterocycles. The molecule has 3 heterocycles. The van der Waals surface area contributed by atoms with E-state index in [1.54, 1.807) is 28.8 Å². The third-order valence-electron chi connectivity index (χ3n) is 4.95. The van der Waals surface area contributed by atoms with E-state index in [9.17, 15) is 9.59 Å². The van der Waals surface area contributed by atoms with Crippen LogP contribution in [0.1, 0.15) is 25.3 Å². The van der Waals surface area contributed by atoms with E-state index in [4.69, 9.17) is 23.2 Å². The predicted octanol–water partition coefficient (Wildman–Crippen LogP) is 3.79. The molecular weight excluding hydrogens is 425 g/mol. The van der Waals surface area contributed by atoms with Crippen LogP contribution in [0.2, 0.25) is 10.0 Å². The van der Waals surface area contributed by atoms with Gasteiger partial charge >= 0.3 is 0 Å². The maximum atomic E-state index is 12.8. The van der Waals surface area contributed by atoms with Crippen molar-refractivity contribution in [3.8, 4) is 0 Å².